The molecule has 1 aliphatic rings. The van der Waals surface area contributed by atoms with Crippen molar-refractivity contribution in [2.45, 2.75) is 37.6 Å². The van der Waals surface area contributed by atoms with E-state index in [0.717, 1.165) is 37.4 Å². The largest absolute Gasteiger partial charge is 0.493 e. The van der Waals surface area contributed by atoms with Crippen LogP contribution in [-0.2, 0) is 16.1 Å². The van der Waals surface area contributed by atoms with Crippen LogP contribution in [0, 0.1) is 0 Å². The van der Waals surface area contributed by atoms with Crippen LogP contribution in [-0.4, -0.2) is 49.7 Å². The smallest absolute Gasteiger partial charge is 0.490 e. The number of hydrogen-bond acceptors (Lipinski definition) is 5. The lowest BCUT2D eigenvalue weighted by Crippen LogP contribution is -2.40. The number of rotatable bonds is 10. The lowest BCUT2D eigenvalue weighted by atomic mass is 9.87. The molecule has 4 aromatic rings. The number of para-hydroxylation sites is 1. The van der Waals surface area contributed by atoms with Crippen molar-refractivity contribution < 1.29 is 37.3 Å². The van der Waals surface area contributed by atoms with Crippen LogP contribution in [0.15, 0.2) is 97.1 Å². The standard InChI is InChI=1S/C31H33NO3.C2HF3O2/c1-2-9-28(10-3-1)33-19-6-20-34-29-15-13-26(14-16-29)30-17-18-32-22-31(30)35-23-24-11-12-25-7-4-5-8-27(25)21-24;3-2(4,5)1(6)7/h1-5,7-16,21,30-32H,6,17-20,22-23H2;(H,6,7). The number of nitrogens with one attached hydrogen (secondary N) is 1. The molecule has 0 bridgehead atoms. The molecule has 0 radical (unpaired) electrons. The Morgan fingerprint density at radius 2 is 1.45 bits per heavy atom. The number of alkyl halides is 3. The van der Waals surface area contributed by atoms with Crippen molar-refractivity contribution in [1.82, 2.24) is 5.32 Å². The van der Waals surface area contributed by atoms with E-state index >= 15 is 0 Å². The minimum atomic E-state index is -5.08. The Hall–Kier alpha value is -4.08. The molecule has 1 saturated heterocycles. The zero-order valence-corrected chi connectivity index (χ0v) is 23.1. The van der Waals surface area contributed by atoms with E-state index in [0.29, 0.717) is 25.7 Å². The summed E-state index contributed by atoms with van der Waals surface area (Å²) >= 11 is 0. The van der Waals surface area contributed by atoms with Crippen LogP contribution in [0.5, 0.6) is 11.5 Å². The predicted octanol–water partition coefficient (Wildman–Crippen LogP) is 6.98. The highest BCUT2D eigenvalue weighted by molar-refractivity contribution is 5.82. The topological polar surface area (TPSA) is 77.0 Å². The van der Waals surface area contributed by atoms with Crippen molar-refractivity contribution in [3.63, 3.8) is 0 Å². The van der Waals surface area contributed by atoms with E-state index in [4.69, 9.17) is 24.1 Å². The molecule has 0 aromatic heterocycles. The van der Waals surface area contributed by atoms with Crippen LogP contribution < -0.4 is 14.8 Å². The Labute approximate surface area is 243 Å². The second kappa shape index (κ2) is 15.2. The predicted molar refractivity (Wildman–Crippen MR) is 155 cm³/mol. The molecule has 222 valence electrons. The molecular weight excluding hydrogens is 547 g/mol. The van der Waals surface area contributed by atoms with Crippen LogP contribution in [0.4, 0.5) is 13.2 Å². The van der Waals surface area contributed by atoms with Crippen LogP contribution in [0.1, 0.15) is 29.9 Å². The molecule has 4 aromatic carbocycles. The van der Waals surface area contributed by atoms with Gasteiger partial charge in [0.05, 0.1) is 25.9 Å². The Morgan fingerprint density at radius 3 is 2.12 bits per heavy atom. The molecule has 6 nitrogen and oxygen atoms in total. The van der Waals surface area contributed by atoms with E-state index in [1.165, 1.54) is 21.9 Å². The number of carboxylic acid groups (broad SMARTS) is 1. The molecule has 1 aliphatic heterocycles. The Kier molecular flexibility index (Phi) is 11.2. The molecule has 2 N–H and O–H groups in total. The maximum atomic E-state index is 10.6. The Morgan fingerprint density at radius 1 is 0.833 bits per heavy atom. The highest BCUT2D eigenvalue weighted by Crippen LogP contribution is 2.30. The maximum absolute atomic E-state index is 10.6. The number of piperidine rings is 1. The first-order valence-corrected chi connectivity index (χ1v) is 13.8. The summed E-state index contributed by atoms with van der Waals surface area (Å²) in [7, 11) is 0. The molecule has 2 unspecified atom stereocenters. The van der Waals surface area contributed by atoms with Gasteiger partial charge in [0.25, 0.3) is 0 Å². The molecule has 2 atom stereocenters. The van der Waals surface area contributed by atoms with Crippen molar-refractivity contribution in [2.24, 2.45) is 0 Å². The molecule has 0 aliphatic carbocycles. The second-order valence-electron chi connectivity index (χ2n) is 9.87. The van der Waals surface area contributed by atoms with E-state index in [1.807, 2.05) is 30.3 Å². The third kappa shape index (κ3) is 9.49. The number of halogens is 3. The monoisotopic (exact) mass is 581 g/mol. The maximum Gasteiger partial charge on any atom is 0.490 e. The SMILES string of the molecule is O=C(O)C(F)(F)F.c1ccc(OCCCOc2ccc(C3CCNCC3OCc3ccc4ccccc4c3)cc2)cc1. The highest BCUT2D eigenvalue weighted by Gasteiger charge is 2.38. The van der Waals surface area contributed by atoms with Crippen molar-refractivity contribution in [3.05, 3.63) is 108 Å². The minimum absolute atomic E-state index is 0.150. The number of carboxylic acids is 1. The van der Waals surface area contributed by atoms with Gasteiger partial charge < -0.3 is 24.6 Å². The van der Waals surface area contributed by atoms with Crippen molar-refractivity contribution >= 4 is 16.7 Å². The van der Waals surface area contributed by atoms with Crippen molar-refractivity contribution in [3.8, 4) is 11.5 Å². The minimum Gasteiger partial charge on any atom is -0.493 e. The summed E-state index contributed by atoms with van der Waals surface area (Å²) in [6, 6.07) is 33.5. The van der Waals surface area contributed by atoms with Gasteiger partial charge in [0, 0.05) is 18.9 Å². The number of benzene rings is 4. The molecule has 9 heteroatoms. The molecule has 0 spiro atoms. The van der Waals surface area contributed by atoms with Crippen LogP contribution in [0.25, 0.3) is 10.8 Å². The molecule has 5 rings (SSSR count). The van der Waals surface area contributed by atoms with Gasteiger partial charge in [0.1, 0.15) is 11.5 Å². The molecule has 1 heterocycles. The fourth-order valence-corrected chi connectivity index (χ4v) is 4.69. The fraction of sp³-hybridized carbons (Fsp3) is 0.303. The van der Waals surface area contributed by atoms with Gasteiger partial charge >= 0.3 is 12.1 Å². The Bertz CT molecular complexity index is 1400. The summed E-state index contributed by atoms with van der Waals surface area (Å²) in [6.45, 7) is 3.79. The first-order chi connectivity index (χ1) is 20.3. The van der Waals surface area contributed by atoms with E-state index < -0.39 is 12.1 Å². The highest BCUT2D eigenvalue weighted by atomic mass is 19.4. The average molecular weight is 582 g/mol. The zero-order chi connectivity index (χ0) is 29.8. The van der Waals surface area contributed by atoms with E-state index in [-0.39, 0.29) is 6.10 Å². The fourth-order valence-electron chi connectivity index (χ4n) is 4.69. The summed E-state index contributed by atoms with van der Waals surface area (Å²) in [5.74, 6) is -0.579. The second-order valence-corrected chi connectivity index (χ2v) is 9.87. The third-order valence-corrected chi connectivity index (χ3v) is 6.82. The average Bonchev–Trinajstić information content (AvgIpc) is 3.00. The lowest BCUT2D eigenvalue weighted by molar-refractivity contribution is -0.192. The van der Waals surface area contributed by atoms with Crippen molar-refractivity contribution in [1.29, 1.82) is 0 Å². The van der Waals surface area contributed by atoms with E-state index in [1.54, 1.807) is 0 Å². The summed E-state index contributed by atoms with van der Waals surface area (Å²) in [6.07, 6.45) is -3.02. The van der Waals surface area contributed by atoms with Gasteiger partial charge in [-0.15, -0.1) is 0 Å². The summed E-state index contributed by atoms with van der Waals surface area (Å²) < 4.78 is 49.8. The number of fused-ring (bicyclic) bond motifs is 1. The first kappa shape index (κ1) is 30.9. The van der Waals surface area contributed by atoms with E-state index in [9.17, 15) is 13.2 Å². The van der Waals surface area contributed by atoms with Gasteiger partial charge in [0.15, 0.2) is 0 Å². The number of carbonyl (C=O) groups is 1. The normalized spacial score (nSPS) is 16.7. The molecular formula is C33H34F3NO5. The van der Waals surface area contributed by atoms with Gasteiger partial charge in [-0.25, -0.2) is 4.79 Å². The molecule has 1 fully saturated rings. The van der Waals surface area contributed by atoms with Gasteiger partial charge in [-0.3, -0.25) is 0 Å². The number of ether oxygens (including phenoxy) is 3. The van der Waals surface area contributed by atoms with Gasteiger partial charge in [-0.1, -0.05) is 66.7 Å². The summed E-state index contributed by atoms with van der Waals surface area (Å²) in [5.41, 5.74) is 2.53. The number of aliphatic carboxylic acids is 1. The molecule has 0 amide bonds. The van der Waals surface area contributed by atoms with Crippen LogP contribution in [0.2, 0.25) is 0 Å². The van der Waals surface area contributed by atoms with Gasteiger partial charge in [-0.05, 0) is 65.2 Å². The lowest BCUT2D eigenvalue weighted by Gasteiger charge is -2.32. The zero-order valence-electron chi connectivity index (χ0n) is 23.1. The molecule has 0 saturated carbocycles. The summed E-state index contributed by atoms with van der Waals surface area (Å²) in [4.78, 5) is 8.90. The van der Waals surface area contributed by atoms with Crippen LogP contribution in [0.3, 0.4) is 0 Å². The number of hydrogen-bond donors (Lipinski definition) is 2. The first-order valence-electron chi connectivity index (χ1n) is 13.8. The van der Waals surface area contributed by atoms with Gasteiger partial charge in [-0.2, -0.15) is 13.2 Å². The summed E-state index contributed by atoms with van der Waals surface area (Å²) in [5, 5.41) is 13.1. The van der Waals surface area contributed by atoms with Crippen LogP contribution >= 0.6 is 0 Å². The Balaban J connectivity index is 0.000000517. The quantitative estimate of drug-likeness (QED) is 0.197. The van der Waals surface area contributed by atoms with E-state index in [2.05, 4.69) is 72.0 Å². The molecule has 42 heavy (non-hydrogen) atoms. The van der Waals surface area contributed by atoms with Crippen molar-refractivity contribution in [2.75, 3.05) is 26.3 Å². The van der Waals surface area contributed by atoms with Gasteiger partial charge in [0.2, 0.25) is 0 Å². The third-order valence-electron chi connectivity index (χ3n) is 6.82.